The van der Waals surface area contributed by atoms with Crippen molar-refractivity contribution in [3.05, 3.63) is 18.1 Å². The Morgan fingerprint density at radius 3 is 2.79 bits per heavy atom. The van der Waals surface area contributed by atoms with Crippen molar-refractivity contribution >= 4 is 5.82 Å². The smallest absolute Gasteiger partial charge is 0.158 e. The summed E-state index contributed by atoms with van der Waals surface area (Å²) in [4.78, 5) is 7.91. The monoisotopic (exact) mass is 191 g/mol. The molecule has 5 nitrogen and oxygen atoms in total. The highest BCUT2D eigenvalue weighted by Gasteiger charge is 1.94. The van der Waals surface area contributed by atoms with Gasteiger partial charge in [-0.25, -0.2) is 9.97 Å². The van der Waals surface area contributed by atoms with Crippen LogP contribution in [-0.4, -0.2) is 29.6 Å². The lowest BCUT2D eigenvalue weighted by atomic mass is 10.5. The van der Waals surface area contributed by atoms with Crippen LogP contribution in [0, 0.1) is 11.3 Å². The lowest BCUT2D eigenvalue weighted by Crippen LogP contribution is -2.21. The first-order chi connectivity index (χ1) is 6.86. The van der Waals surface area contributed by atoms with Crippen LogP contribution < -0.4 is 10.6 Å². The van der Waals surface area contributed by atoms with Crippen LogP contribution in [0.15, 0.2) is 12.4 Å². The number of nitriles is 1. The molecule has 0 aliphatic rings. The molecule has 0 atom stereocenters. The third-order valence-electron chi connectivity index (χ3n) is 1.62. The summed E-state index contributed by atoms with van der Waals surface area (Å²) in [7, 11) is 0. The molecule has 0 unspecified atom stereocenters. The molecule has 0 radical (unpaired) electrons. The van der Waals surface area contributed by atoms with Gasteiger partial charge in [-0.3, -0.25) is 0 Å². The van der Waals surface area contributed by atoms with Gasteiger partial charge >= 0.3 is 0 Å². The van der Waals surface area contributed by atoms with E-state index in [0.29, 0.717) is 11.5 Å². The maximum atomic E-state index is 8.49. The van der Waals surface area contributed by atoms with E-state index in [-0.39, 0.29) is 0 Å². The first kappa shape index (κ1) is 10.4. The summed E-state index contributed by atoms with van der Waals surface area (Å²) < 4.78 is 0. The van der Waals surface area contributed by atoms with E-state index >= 15 is 0 Å². The molecular weight excluding hydrogens is 178 g/mol. The second-order valence-electron chi connectivity index (χ2n) is 2.68. The lowest BCUT2D eigenvalue weighted by molar-refractivity contribution is 0.737. The first-order valence-electron chi connectivity index (χ1n) is 4.53. The molecule has 14 heavy (non-hydrogen) atoms. The van der Waals surface area contributed by atoms with Gasteiger partial charge in [0.2, 0.25) is 0 Å². The fraction of sp³-hybridized carbons (Fsp3) is 0.444. The molecule has 0 spiro atoms. The van der Waals surface area contributed by atoms with E-state index in [1.807, 2.05) is 6.07 Å². The van der Waals surface area contributed by atoms with E-state index < -0.39 is 0 Å². The zero-order chi connectivity index (χ0) is 10.2. The number of aromatic nitrogens is 2. The molecule has 0 aliphatic carbocycles. The summed E-state index contributed by atoms with van der Waals surface area (Å²) >= 11 is 0. The fourth-order valence-electron chi connectivity index (χ4n) is 0.933. The number of rotatable bonds is 5. The van der Waals surface area contributed by atoms with Crippen LogP contribution in [0.2, 0.25) is 0 Å². The molecule has 0 aliphatic heterocycles. The van der Waals surface area contributed by atoms with Gasteiger partial charge in [0.05, 0.1) is 12.4 Å². The van der Waals surface area contributed by atoms with Crippen molar-refractivity contribution < 1.29 is 0 Å². The minimum atomic E-state index is 0.335. The standard InChI is InChI=1S/C9H13N5/c1-2-11-3-4-12-9-7-13-8(5-10)6-14-9/h6-7,11H,2-4H2,1H3,(H,12,14). The predicted octanol–water partition coefficient (Wildman–Crippen LogP) is 0.370. The normalized spacial score (nSPS) is 9.43. The van der Waals surface area contributed by atoms with Crippen molar-refractivity contribution in [1.82, 2.24) is 15.3 Å². The Bertz CT molecular complexity index is 300. The van der Waals surface area contributed by atoms with Crippen LogP contribution in [-0.2, 0) is 0 Å². The van der Waals surface area contributed by atoms with Crippen molar-refractivity contribution in [2.45, 2.75) is 6.92 Å². The highest BCUT2D eigenvalue weighted by Crippen LogP contribution is 1.98. The third kappa shape index (κ3) is 3.37. The summed E-state index contributed by atoms with van der Waals surface area (Å²) in [5.41, 5.74) is 0.335. The Balaban J connectivity index is 2.33. The van der Waals surface area contributed by atoms with Crippen molar-refractivity contribution in [1.29, 1.82) is 5.26 Å². The molecule has 0 amide bonds. The van der Waals surface area contributed by atoms with E-state index in [1.165, 1.54) is 6.20 Å². The van der Waals surface area contributed by atoms with Gasteiger partial charge in [-0.2, -0.15) is 5.26 Å². The van der Waals surface area contributed by atoms with Gasteiger partial charge < -0.3 is 10.6 Å². The maximum absolute atomic E-state index is 8.49. The SMILES string of the molecule is CCNCCNc1cnc(C#N)cn1. The third-order valence-corrected chi connectivity index (χ3v) is 1.62. The second kappa shape index (κ2) is 5.89. The summed E-state index contributed by atoms with van der Waals surface area (Å²) in [5.74, 6) is 0.696. The van der Waals surface area contributed by atoms with Crippen molar-refractivity contribution in [2.75, 3.05) is 25.0 Å². The number of hydrogen-bond acceptors (Lipinski definition) is 5. The van der Waals surface area contributed by atoms with Crippen LogP contribution in [0.4, 0.5) is 5.82 Å². The second-order valence-corrected chi connectivity index (χ2v) is 2.68. The van der Waals surface area contributed by atoms with Gasteiger partial charge in [-0.1, -0.05) is 6.92 Å². The zero-order valence-corrected chi connectivity index (χ0v) is 8.12. The molecule has 5 heteroatoms. The molecule has 1 aromatic rings. The number of nitrogens with zero attached hydrogens (tertiary/aromatic N) is 3. The number of anilines is 1. The maximum Gasteiger partial charge on any atom is 0.158 e. The molecule has 74 valence electrons. The Labute approximate surface area is 83.2 Å². The molecule has 2 N–H and O–H groups in total. The lowest BCUT2D eigenvalue weighted by Gasteiger charge is -2.04. The molecular formula is C9H13N5. The van der Waals surface area contributed by atoms with E-state index in [4.69, 9.17) is 5.26 Å². The van der Waals surface area contributed by atoms with Gasteiger partial charge in [0.15, 0.2) is 5.69 Å². The zero-order valence-electron chi connectivity index (χ0n) is 8.12. The molecule has 0 bridgehead atoms. The minimum absolute atomic E-state index is 0.335. The van der Waals surface area contributed by atoms with Gasteiger partial charge in [-0.05, 0) is 6.54 Å². The Kier molecular flexibility index (Phi) is 4.38. The van der Waals surface area contributed by atoms with Crippen molar-refractivity contribution in [3.63, 3.8) is 0 Å². The van der Waals surface area contributed by atoms with Crippen LogP contribution in [0.5, 0.6) is 0 Å². The summed E-state index contributed by atoms with van der Waals surface area (Å²) in [6, 6.07) is 1.92. The quantitative estimate of drug-likeness (QED) is 0.658. The van der Waals surface area contributed by atoms with Crippen LogP contribution >= 0.6 is 0 Å². The number of likely N-dealkylation sites (N-methyl/N-ethyl adjacent to an activating group) is 1. The van der Waals surface area contributed by atoms with Gasteiger partial charge in [0, 0.05) is 13.1 Å². The fourth-order valence-corrected chi connectivity index (χ4v) is 0.933. The Morgan fingerprint density at radius 2 is 2.21 bits per heavy atom. The van der Waals surface area contributed by atoms with Gasteiger partial charge in [0.25, 0.3) is 0 Å². The summed E-state index contributed by atoms with van der Waals surface area (Å²) in [5, 5.41) is 14.8. The molecule has 1 aromatic heterocycles. The predicted molar refractivity (Wildman–Crippen MR) is 53.8 cm³/mol. The van der Waals surface area contributed by atoms with Crippen molar-refractivity contribution in [3.8, 4) is 6.07 Å². The van der Waals surface area contributed by atoms with E-state index in [2.05, 4.69) is 27.5 Å². The molecule has 0 fully saturated rings. The highest BCUT2D eigenvalue weighted by atomic mass is 15.0. The number of nitrogens with one attached hydrogen (secondary N) is 2. The highest BCUT2D eigenvalue weighted by molar-refractivity contribution is 5.32. The molecule has 1 heterocycles. The summed E-state index contributed by atoms with van der Waals surface area (Å²) in [6.07, 6.45) is 3.01. The Morgan fingerprint density at radius 1 is 1.36 bits per heavy atom. The van der Waals surface area contributed by atoms with Crippen molar-refractivity contribution in [2.24, 2.45) is 0 Å². The van der Waals surface area contributed by atoms with Gasteiger partial charge in [-0.15, -0.1) is 0 Å². The molecule has 0 saturated carbocycles. The Hall–Kier alpha value is -1.67. The van der Waals surface area contributed by atoms with E-state index in [1.54, 1.807) is 6.20 Å². The average molecular weight is 191 g/mol. The molecule has 0 aromatic carbocycles. The first-order valence-corrected chi connectivity index (χ1v) is 4.53. The largest absolute Gasteiger partial charge is 0.368 e. The topological polar surface area (TPSA) is 73.6 Å². The van der Waals surface area contributed by atoms with Crippen LogP contribution in [0.3, 0.4) is 0 Å². The number of hydrogen-bond donors (Lipinski definition) is 2. The molecule has 1 rings (SSSR count). The molecule has 0 saturated heterocycles. The van der Waals surface area contributed by atoms with E-state index in [9.17, 15) is 0 Å². The van der Waals surface area contributed by atoms with E-state index in [0.717, 1.165) is 19.6 Å². The summed E-state index contributed by atoms with van der Waals surface area (Å²) in [6.45, 7) is 4.70. The average Bonchev–Trinajstić information content (AvgIpc) is 2.25. The van der Waals surface area contributed by atoms with Crippen LogP contribution in [0.25, 0.3) is 0 Å². The van der Waals surface area contributed by atoms with Crippen LogP contribution in [0.1, 0.15) is 12.6 Å². The minimum Gasteiger partial charge on any atom is -0.368 e. The van der Waals surface area contributed by atoms with Gasteiger partial charge in [0.1, 0.15) is 11.9 Å².